The van der Waals surface area contributed by atoms with Crippen molar-refractivity contribution in [3.8, 4) is 0 Å². The number of likely N-dealkylation sites (tertiary alicyclic amines) is 1. The molecule has 2 aromatic carbocycles. The average molecular weight is 441 g/mol. The lowest BCUT2D eigenvalue weighted by molar-refractivity contribution is -0.129. The van der Waals surface area contributed by atoms with E-state index in [1.165, 1.54) is 5.56 Å². The minimum atomic E-state index is -0.264. The second kappa shape index (κ2) is 7.70. The van der Waals surface area contributed by atoms with Gasteiger partial charge >= 0.3 is 0 Å². The fraction of sp³-hybridized carbons (Fsp3) is 0.391. The molecule has 0 radical (unpaired) electrons. The highest BCUT2D eigenvalue weighted by Gasteiger charge is 2.50. The summed E-state index contributed by atoms with van der Waals surface area (Å²) in [5.74, 6) is -0.204. The van der Waals surface area contributed by atoms with Crippen LogP contribution in [0.1, 0.15) is 37.3 Å². The number of nitrogens with one attached hydrogen (secondary N) is 1. The molecule has 1 aliphatic heterocycles. The number of rotatable bonds is 6. The minimum absolute atomic E-state index is 0.000187. The third-order valence-electron chi connectivity index (χ3n) is 6.20. The van der Waals surface area contributed by atoms with E-state index in [1.54, 1.807) is 4.90 Å². The van der Waals surface area contributed by atoms with Crippen molar-refractivity contribution in [2.75, 3.05) is 6.54 Å². The summed E-state index contributed by atoms with van der Waals surface area (Å²) >= 11 is 3.48. The monoisotopic (exact) mass is 440 g/mol. The first-order chi connectivity index (χ1) is 13.5. The Kier molecular flexibility index (Phi) is 5.28. The SMILES string of the molecule is CC(NC(=O)C1CC(=O)N(Cc2ccccc2)C1)C1(c2ccc(Br)cc2)CC1. The first-order valence-electron chi connectivity index (χ1n) is 9.86. The predicted octanol–water partition coefficient (Wildman–Crippen LogP) is 4.03. The third-order valence-corrected chi connectivity index (χ3v) is 6.73. The number of halogens is 1. The van der Waals surface area contributed by atoms with Crippen LogP contribution in [0.4, 0.5) is 0 Å². The Hall–Kier alpha value is -2.14. The Balaban J connectivity index is 1.37. The molecule has 2 aliphatic rings. The van der Waals surface area contributed by atoms with E-state index in [1.807, 2.05) is 30.3 Å². The van der Waals surface area contributed by atoms with E-state index in [0.717, 1.165) is 22.9 Å². The first kappa shape index (κ1) is 19.2. The molecular formula is C23H25BrN2O2. The standard InChI is InChI=1S/C23H25BrN2O2/c1-16(23(11-12-23)19-7-9-20(24)10-8-19)25-22(28)18-13-21(27)26(15-18)14-17-5-3-2-4-6-17/h2-10,16,18H,11-15H2,1H3,(H,25,28). The smallest absolute Gasteiger partial charge is 0.225 e. The minimum Gasteiger partial charge on any atom is -0.352 e. The van der Waals surface area contributed by atoms with Crippen molar-refractivity contribution in [3.63, 3.8) is 0 Å². The number of benzene rings is 2. The zero-order valence-corrected chi connectivity index (χ0v) is 17.6. The van der Waals surface area contributed by atoms with E-state index in [2.05, 4.69) is 52.4 Å². The molecule has 2 fully saturated rings. The highest BCUT2D eigenvalue weighted by molar-refractivity contribution is 9.10. The Bertz CT molecular complexity index is 862. The molecule has 1 heterocycles. The third kappa shape index (κ3) is 3.86. The van der Waals surface area contributed by atoms with Gasteiger partial charge in [-0.3, -0.25) is 9.59 Å². The topological polar surface area (TPSA) is 49.4 Å². The van der Waals surface area contributed by atoms with Crippen molar-refractivity contribution in [1.82, 2.24) is 10.2 Å². The lowest BCUT2D eigenvalue weighted by atomic mass is 9.88. The van der Waals surface area contributed by atoms with Crippen molar-refractivity contribution in [2.45, 2.75) is 44.2 Å². The summed E-state index contributed by atoms with van der Waals surface area (Å²) in [6.45, 7) is 3.16. The molecule has 5 heteroatoms. The molecule has 146 valence electrons. The molecule has 0 spiro atoms. The maximum absolute atomic E-state index is 12.9. The van der Waals surface area contributed by atoms with Gasteiger partial charge in [-0.1, -0.05) is 58.4 Å². The van der Waals surface area contributed by atoms with Crippen LogP contribution in [0.15, 0.2) is 59.1 Å². The number of hydrogen-bond donors (Lipinski definition) is 1. The van der Waals surface area contributed by atoms with Crippen molar-refractivity contribution >= 4 is 27.7 Å². The summed E-state index contributed by atoms with van der Waals surface area (Å²) in [5, 5.41) is 3.21. The molecule has 1 N–H and O–H groups in total. The largest absolute Gasteiger partial charge is 0.352 e. The quantitative estimate of drug-likeness (QED) is 0.736. The lowest BCUT2D eigenvalue weighted by Crippen LogP contribution is -2.44. The number of nitrogens with zero attached hydrogens (tertiary/aromatic N) is 1. The second-order valence-electron chi connectivity index (χ2n) is 8.05. The van der Waals surface area contributed by atoms with Gasteiger partial charge in [0.1, 0.15) is 0 Å². The van der Waals surface area contributed by atoms with Crippen LogP contribution in [-0.2, 0) is 21.5 Å². The van der Waals surface area contributed by atoms with Crippen LogP contribution in [-0.4, -0.2) is 29.3 Å². The van der Waals surface area contributed by atoms with Crippen LogP contribution in [0, 0.1) is 5.92 Å². The Labute approximate surface area is 174 Å². The zero-order chi connectivity index (χ0) is 19.7. The molecular weight excluding hydrogens is 416 g/mol. The van der Waals surface area contributed by atoms with Crippen molar-refractivity contribution < 1.29 is 9.59 Å². The van der Waals surface area contributed by atoms with Crippen LogP contribution >= 0.6 is 15.9 Å². The van der Waals surface area contributed by atoms with Crippen LogP contribution in [0.3, 0.4) is 0 Å². The van der Waals surface area contributed by atoms with Crippen LogP contribution in [0.5, 0.6) is 0 Å². The number of amides is 2. The van der Waals surface area contributed by atoms with Gasteiger partial charge in [0.15, 0.2) is 0 Å². The molecule has 4 nitrogen and oxygen atoms in total. The van der Waals surface area contributed by atoms with Gasteiger partial charge in [0.05, 0.1) is 5.92 Å². The van der Waals surface area contributed by atoms with Crippen molar-refractivity contribution in [2.24, 2.45) is 5.92 Å². The molecule has 0 aromatic heterocycles. The number of carbonyl (C=O) groups excluding carboxylic acids is 2. The number of carbonyl (C=O) groups is 2. The van der Waals surface area contributed by atoms with E-state index >= 15 is 0 Å². The van der Waals surface area contributed by atoms with Crippen molar-refractivity contribution in [3.05, 3.63) is 70.2 Å². The maximum Gasteiger partial charge on any atom is 0.225 e. The highest BCUT2D eigenvalue weighted by Crippen LogP contribution is 2.51. The van der Waals surface area contributed by atoms with Gasteiger partial charge in [-0.2, -0.15) is 0 Å². The summed E-state index contributed by atoms with van der Waals surface area (Å²) in [6, 6.07) is 18.4. The fourth-order valence-corrected chi connectivity index (χ4v) is 4.53. The molecule has 1 aliphatic carbocycles. The van der Waals surface area contributed by atoms with Gasteiger partial charge in [-0.05, 0) is 43.0 Å². The van der Waals surface area contributed by atoms with E-state index in [0.29, 0.717) is 19.5 Å². The molecule has 1 saturated heterocycles. The Morgan fingerprint density at radius 1 is 1.18 bits per heavy atom. The van der Waals surface area contributed by atoms with Gasteiger partial charge in [0.25, 0.3) is 0 Å². The molecule has 2 aromatic rings. The molecule has 2 atom stereocenters. The summed E-state index contributed by atoms with van der Waals surface area (Å²) in [7, 11) is 0. The van der Waals surface area contributed by atoms with E-state index in [9.17, 15) is 9.59 Å². The molecule has 1 saturated carbocycles. The van der Waals surface area contributed by atoms with Crippen LogP contribution < -0.4 is 5.32 Å². The Morgan fingerprint density at radius 3 is 2.50 bits per heavy atom. The van der Waals surface area contributed by atoms with Crippen LogP contribution in [0.25, 0.3) is 0 Å². The lowest BCUT2D eigenvalue weighted by Gasteiger charge is -2.26. The molecule has 2 unspecified atom stereocenters. The fourth-order valence-electron chi connectivity index (χ4n) is 4.26. The second-order valence-corrected chi connectivity index (χ2v) is 8.97. The molecule has 28 heavy (non-hydrogen) atoms. The van der Waals surface area contributed by atoms with E-state index in [-0.39, 0.29) is 29.2 Å². The van der Waals surface area contributed by atoms with E-state index in [4.69, 9.17) is 0 Å². The van der Waals surface area contributed by atoms with Crippen LogP contribution in [0.2, 0.25) is 0 Å². The molecule has 0 bridgehead atoms. The van der Waals surface area contributed by atoms with Gasteiger partial charge in [0, 0.05) is 35.4 Å². The van der Waals surface area contributed by atoms with Gasteiger partial charge < -0.3 is 10.2 Å². The zero-order valence-electron chi connectivity index (χ0n) is 16.0. The van der Waals surface area contributed by atoms with E-state index < -0.39 is 0 Å². The predicted molar refractivity (Wildman–Crippen MR) is 113 cm³/mol. The molecule has 2 amide bonds. The summed E-state index contributed by atoms with van der Waals surface area (Å²) in [5.41, 5.74) is 2.40. The first-order valence-corrected chi connectivity index (χ1v) is 10.7. The Morgan fingerprint density at radius 2 is 1.86 bits per heavy atom. The average Bonchev–Trinajstić information content (AvgIpc) is 3.42. The molecule has 4 rings (SSSR count). The summed E-state index contributed by atoms with van der Waals surface area (Å²) in [4.78, 5) is 27.0. The van der Waals surface area contributed by atoms with Gasteiger partial charge in [0.2, 0.25) is 11.8 Å². The van der Waals surface area contributed by atoms with Gasteiger partial charge in [-0.25, -0.2) is 0 Å². The normalized spacial score (nSPS) is 21.4. The summed E-state index contributed by atoms with van der Waals surface area (Å²) in [6.07, 6.45) is 2.47. The van der Waals surface area contributed by atoms with Crippen molar-refractivity contribution in [1.29, 1.82) is 0 Å². The van der Waals surface area contributed by atoms with Gasteiger partial charge in [-0.15, -0.1) is 0 Å². The highest BCUT2D eigenvalue weighted by atomic mass is 79.9. The summed E-state index contributed by atoms with van der Waals surface area (Å²) < 4.78 is 1.06. The maximum atomic E-state index is 12.9. The number of hydrogen-bond acceptors (Lipinski definition) is 2.